The third-order valence-corrected chi connectivity index (χ3v) is 10.5. The van der Waals surface area contributed by atoms with Crippen molar-refractivity contribution in [3.63, 3.8) is 0 Å². The van der Waals surface area contributed by atoms with Gasteiger partial charge in [-0.05, 0) is 113 Å². The van der Waals surface area contributed by atoms with Crippen LogP contribution in [0.1, 0.15) is 71.0 Å². The van der Waals surface area contributed by atoms with Crippen LogP contribution in [-0.2, 0) is 17.1 Å². The quantitative estimate of drug-likeness (QED) is 0.0662. The summed E-state index contributed by atoms with van der Waals surface area (Å²) in [7, 11) is 0. The Morgan fingerprint density at radius 2 is 1.34 bits per heavy atom. The van der Waals surface area contributed by atoms with Crippen LogP contribution >= 0.6 is 0 Å². The maximum atomic E-state index is 13.9. The Hall–Kier alpha value is -6.35. The van der Waals surface area contributed by atoms with Crippen LogP contribution in [0, 0.1) is 0 Å². The highest BCUT2D eigenvalue weighted by Crippen LogP contribution is 2.52. The minimum absolute atomic E-state index is 0.0264. The van der Waals surface area contributed by atoms with Gasteiger partial charge in [0.05, 0.1) is 11.1 Å². The number of nitrogens with zero attached hydrogens (tertiary/aromatic N) is 1. The van der Waals surface area contributed by atoms with Crippen molar-refractivity contribution in [2.75, 3.05) is 10.2 Å². The molecule has 0 radical (unpaired) electrons. The molecule has 5 aromatic carbocycles. The molecule has 2 unspecified atom stereocenters. The van der Waals surface area contributed by atoms with Gasteiger partial charge in [0, 0.05) is 34.6 Å². The number of hydrogen-bond acceptors (Lipinski definition) is 2. The van der Waals surface area contributed by atoms with Crippen molar-refractivity contribution in [3.05, 3.63) is 202 Å². The molecule has 5 aromatic rings. The van der Waals surface area contributed by atoms with Gasteiger partial charge in [-0.1, -0.05) is 116 Å². The molecular weight excluding hydrogens is 747 g/mol. The average Bonchev–Trinajstić information content (AvgIpc) is 3.80. The number of rotatable bonds is 10. The Balaban J connectivity index is 1.23. The second kappa shape index (κ2) is 16.6. The van der Waals surface area contributed by atoms with Gasteiger partial charge in [0.25, 0.3) is 5.91 Å². The third-order valence-electron chi connectivity index (χ3n) is 10.5. The fraction of sp³-hybridized carbons (Fsp3) is 0.163. The van der Waals surface area contributed by atoms with Gasteiger partial charge in [-0.3, -0.25) is 4.79 Å². The SMILES string of the molecule is C=C/C=C(\C=C/C)C(=C/c1ccc2c(c1)C1CCCC1N2c1ccc(C=C(c2ccccc2)c2ccccc2)cc1)/C(=O)Nc1cc(C(F)(F)F)cc(C(F)(F)F)c1. The molecule has 1 heterocycles. The van der Waals surface area contributed by atoms with E-state index in [0.29, 0.717) is 23.3 Å². The van der Waals surface area contributed by atoms with Crippen molar-refractivity contribution in [2.45, 2.75) is 50.5 Å². The summed E-state index contributed by atoms with van der Waals surface area (Å²) in [6, 6.07) is 36.3. The molecule has 0 spiro atoms. The van der Waals surface area contributed by atoms with Crippen LogP contribution in [-0.4, -0.2) is 11.9 Å². The van der Waals surface area contributed by atoms with Gasteiger partial charge in [-0.25, -0.2) is 0 Å². The molecule has 0 bridgehead atoms. The summed E-state index contributed by atoms with van der Waals surface area (Å²) in [6.07, 6.45) is 3.00. The summed E-state index contributed by atoms with van der Waals surface area (Å²) in [5.41, 5.74) is 5.02. The van der Waals surface area contributed by atoms with Crippen LogP contribution in [0.4, 0.5) is 43.4 Å². The Morgan fingerprint density at radius 3 is 1.91 bits per heavy atom. The van der Waals surface area contributed by atoms with E-state index < -0.39 is 35.1 Å². The molecule has 1 fully saturated rings. The number of alkyl halides is 6. The van der Waals surface area contributed by atoms with Crippen molar-refractivity contribution >= 4 is 40.7 Å². The minimum atomic E-state index is -5.07. The van der Waals surface area contributed by atoms with E-state index in [-0.39, 0.29) is 23.6 Å². The number of benzene rings is 5. The van der Waals surface area contributed by atoms with Crippen molar-refractivity contribution in [2.24, 2.45) is 0 Å². The molecule has 2 atom stereocenters. The van der Waals surface area contributed by atoms with Gasteiger partial charge in [0.1, 0.15) is 0 Å². The van der Waals surface area contributed by atoms with Crippen molar-refractivity contribution in [1.82, 2.24) is 0 Å². The number of amides is 1. The van der Waals surface area contributed by atoms with Crippen LogP contribution in [0.15, 0.2) is 163 Å². The molecular formula is C49H40F6N2O. The molecule has 1 amide bonds. The first-order chi connectivity index (χ1) is 27.8. The van der Waals surface area contributed by atoms with E-state index >= 15 is 0 Å². The molecule has 1 saturated carbocycles. The number of carbonyl (C=O) groups is 1. The second-order valence-electron chi connectivity index (χ2n) is 14.3. The maximum Gasteiger partial charge on any atom is 0.416 e. The molecule has 294 valence electrons. The molecule has 7 rings (SSSR count). The topological polar surface area (TPSA) is 32.3 Å². The molecule has 9 heteroatoms. The zero-order valence-corrected chi connectivity index (χ0v) is 31.6. The Morgan fingerprint density at radius 1 is 0.741 bits per heavy atom. The average molecular weight is 787 g/mol. The van der Waals surface area contributed by atoms with Crippen LogP contribution < -0.4 is 10.2 Å². The Labute approximate surface area is 334 Å². The number of carbonyl (C=O) groups excluding carboxylic acids is 1. The zero-order valence-electron chi connectivity index (χ0n) is 31.6. The second-order valence-corrected chi connectivity index (χ2v) is 14.3. The van der Waals surface area contributed by atoms with Gasteiger partial charge >= 0.3 is 12.4 Å². The maximum absolute atomic E-state index is 13.9. The van der Waals surface area contributed by atoms with Crippen molar-refractivity contribution in [1.29, 1.82) is 0 Å². The minimum Gasteiger partial charge on any atom is -0.338 e. The van der Waals surface area contributed by atoms with Crippen LogP contribution in [0.2, 0.25) is 0 Å². The molecule has 2 aliphatic rings. The van der Waals surface area contributed by atoms with E-state index in [9.17, 15) is 31.1 Å². The van der Waals surface area contributed by atoms with E-state index in [1.807, 2.05) is 54.6 Å². The lowest BCUT2D eigenvalue weighted by Crippen LogP contribution is -2.26. The molecule has 1 N–H and O–H groups in total. The number of hydrogen-bond donors (Lipinski definition) is 1. The highest BCUT2D eigenvalue weighted by molar-refractivity contribution is 6.10. The number of anilines is 3. The van der Waals surface area contributed by atoms with Crippen molar-refractivity contribution in [3.8, 4) is 0 Å². The summed E-state index contributed by atoms with van der Waals surface area (Å²) < 4.78 is 81.8. The van der Waals surface area contributed by atoms with E-state index in [2.05, 4.69) is 71.4 Å². The van der Waals surface area contributed by atoms with Gasteiger partial charge in [0.15, 0.2) is 0 Å². The number of halogens is 6. The smallest absolute Gasteiger partial charge is 0.338 e. The highest BCUT2D eigenvalue weighted by atomic mass is 19.4. The lowest BCUT2D eigenvalue weighted by molar-refractivity contribution is -0.143. The summed E-state index contributed by atoms with van der Waals surface area (Å²) in [6.45, 7) is 5.46. The normalized spacial score (nSPS) is 16.9. The van der Waals surface area contributed by atoms with E-state index in [4.69, 9.17) is 0 Å². The molecule has 0 saturated heterocycles. The third kappa shape index (κ3) is 8.64. The predicted octanol–water partition coefficient (Wildman–Crippen LogP) is 13.8. The first-order valence-corrected chi connectivity index (χ1v) is 19.0. The number of fused-ring (bicyclic) bond motifs is 3. The first-order valence-electron chi connectivity index (χ1n) is 19.0. The summed E-state index contributed by atoms with van der Waals surface area (Å²) in [5, 5.41) is 2.31. The van der Waals surface area contributed by atoms with Gasteiger partial charge in [0.2, 0.25) is 0 Å². The molecule has 0 aromatic heterocycles. The van der Waals surface area contributed by atoms with Crippen LogP contribution in [0.5, 0.6) is 0 Å². The standard InChI is InChI=1S/C49H40F6N2O/c1-3-12-34(13-4-2)43(47(58)56-39-30-37(48(50,51)52)29-38(31-39)49(53,54)55)27-33-22-25-46-44(28-33)41-18-11-19-45(41)57(46)40-23-20-32(21-24-40)26-42(35-14-7-5-8-15-35)36-16-9-6-10-17-36/h3-10,12-17,20-31,41,45H,1,11,18-19H2,2H3,(H,56,58)/b13-4-,34-12+,43-27-. The molecule has 3 nitrogen and oxygen atoms in total. The lowest BCUT2D eigenvalue weighted by atomic mass is 9.94. The van der Waals surface area contributed by atoms with Gasteiger partial charge in [-0.2, -0.15) is 26.3 Å². The zero-order chi connectivity index (χ0) is 41.0. The lowest BCUT2D eigenvalue weighted by Gasteiger charge is -2.27. The van der Waals surface area contributed by atoms with Crippen LogP contribution in [0.3, 0.4) is 0 Å². The fourth-order valence-electron chi connectivity index (χ4n) is 7.98. The largest absolute Gasteiger partial charge is 0.416 e. The predicted molar refractivity (Wildman–Crippen MR) is 221 cm³/mol. The molecule has 58 heavy (non-hydrogen) atoms. The van der Waals surface area contributed by atoms with E-state index in [0.717, 1.165) is 58.5 Å². The first kappa shape index (κ1) is 39.9. The Kier molecular flexibility index (Phi) is 11.4. The highest BCUT2D eigenvalue weighted by Gasteiger charge is 2.42. The molecule has 1 aliphatic carbocycles. The molecule has 1 aliphatic heterocycles. The summed E-state index contributed by atoms with van der Waals surface area (Å²) >= 11 is 0. The fourth-order valence-corrected chi connectivity index (χ4v) is 7.98. The summed E-state index contributed by atoms with van der Waals surface area (Å²) in [5.74, 6) is -0.649. The van der Waals surface area contributed by atoms with Gasteiger partial charge < -0.3 is 10.2 Å². The van der Waals surface area contributed by atoms with Crippen molar-refractivity contribution < 1.29 is 31.1 Å². The van der Waals surface area contributed by atoms with E-state index in [1.165, 1.54) is 6.08 Å². The summed E-state index contributed by atoms with van der Waals surface area (Å²) in [4.78, 5) is 16.3. The number of allylic oxidation sites excluding steroid dienone is 4. The van der Waals surface area contributed by atoms with E-state index in [1.54, 1.807) is 31.2 Å². The number of nitrogens with one attached hydrogen (secondary N) is 1. The Bertz CT molecular complexity index is 2350. The van der Waals surface area contributed by atoms with Gasteiger partial charge in [-0.15, -0.1) is 0 Å². The van der Waals surface area contributed by atoms with Crippen LogP contribution in [0.25, 0.3) is 17.7 Å². The monoisotopic (exact) mass is 786 g/mol.